The summed E-state index contributed by atoms with van der Waals surface area (Å²) in [5.41, 5.74) is 8.56. The molecule has 1 aromatic carbocycles. The molecule has 1 unspecified atom stereocenters. The average molecular weight is 458 g/mol. The molecule has 3 N–H and O–H groups in total. The van der Waals surface area contributed by atoms with Crippen LogP contribution < -0.4 is 10.6 Å². The van der Waals surface area contributed by atoms with E-state index >= 15 is 0 Å². The summed E-state index contributed by atoms with van der Waals surface area (Å²) >= 11 is 6.06. The van der Waals surface area contributed by atoms with Gasteiger partial charge < -0.3 is 20.6 Å². The highest BCUT2D eigenvalue weighted by Crippen LogP contribution is 2.42. The molecule has 1 aromatic heterocycles. The van der Waals surface area contributed by atoms with Crippen molar-refractivity contribution in [2.24, 2.45) is 5.73 Å². The molecule has 8 heteroatoms. The Morgan fingerprint density at radius 3 is 2.50 bits per heavy atom. The van der Waals surface area contributed by atoms with Crippen LogP contribution in [0.3, 0.4) is 0 Å². The van der Waals surface area contributed by atoms with Crippen LogP contribution >= 0.6 is 11.6 Å². The number of hydrogen-bond acceptors (Lipinski definition) is 6. The van der Waals surface area contributed by atoms with Gasteiger partial charge in [0.05, 0.1) is 17.7 Å². The maximum Gasteiger partial charge on any atom is 0.230 e. The standard InChI is InChI=1S/C24H32ClN5O2/c1-15-12-19(31)21-20(15)22(28-14-27-21)29-8-10-30(11-9-29)23(32)18(13-24(2,3)26)16-4-6-17(25)7-5-16/h4-7,14-15,18-19,31H,8-13,26H2,1-3H3/t15-,18?,19-/m1/s1. The molecule has 1 amide bonds. The number of piperazine rings is 1. The molecule has 1 saturated heterocycles. The smallest absolute Gasteiger partial charge is 0.230 e. The maximum atomic E-state index is 13.5. The molecule has 2 heterocycles. The number of anilines is 1. The first-order valence-electron chi connectivity index (χ1n) is 11.2. The molecule has 1 aliphatic carbocycles. The van der Waals surface area contributed by atoms with Crippen LogP contribution in [-0.2, 0) is 4.79 Å². The monoisotopic (exact) mass is 457 g/mol. The third-order valence-electron chi connectivity index (χ3n) is 6.47. The fraction of sp³-hybridized carbons (Fsp3) is 0.542. The Bertz CT molecular complexity index is 967. The molecule has 7 nitrogen and oxygen atoms in total. The minimum absolute atomic E-state index is 0.0993. The maximum absolute atomic E-state index is 13.5. The Labute approximate surface area is 194 Å². The van der Waals surface area contributed by atoms with Crippen LogP contribution in [-0.4, -0.2) is 57.6 Å². The van der Waals surface area contributed by atoms with Crippen molar-refractivity contribution in [3.8, 4) is 0 Å². The van der Waals surface area contributed by atoms with Gasteiger partial charge in [0.1, 0.15) is 12.1 Å². The summed E-state index contributed by atoms with van der Waals surface area (Å²) in [7, 11) is 0. The number of fused-ring (bicyclic) bond motifs is 1. The number of nitrogens with zero attached hydrogens (tertiary/aromatic N) is 4. The van der Waals surface area contributed by atoms with Crippen LogP contribution in [0.25, 0.3) is 0 Å². The van der Waals surface area contributed by atoms with Crippen molar-refractivity contribution in [3.05, 3.63) is 52.4 Å². The number of carbonyl (C=O) groups is 1. The van der Waals surface area contributed by atoms with Gasteiger partial charge in [-0.25, -0.2) is 9.97 Å². The Hall–Kier alpha value is -2.22. The summed E-state index contributed by atoms with van der Waals surface area (Å²) < 4.78 is 0. The third kappa shape index (κ3) is 4.75. The van der Waals surface area contributed by atoms with E-state index in [-0.39, 0.29) is 17.7 Å². The number of nitrogens with two attached hydrogens (primary N) is 1. The Morgan fingerprint density at radius 2 is 1.88 bits per heavy atom. The van der Waals surface area contributed by atoms with Crippen LogP contribution in [0.1, 0.15) is 68.4 Å². The van der Waals surface area contributed by atoms with E-state index in [1.165, 1.54) is 6.33 Å². The van der Waals surface area contributed by atoms with Crippen LogP contribution in [0.15, 0.2) is 30.6 Å². The van der Waals surface area contributed by atoms with Gasteiger partial charge in [-0.05, 0) is 50.3 Å². The quantitative estimate of drug-likeness (QED) is 0.715. The number of rotatable bonds is 5. The first kappa shape index (κ1) is 23.0. The van der Waals surface area contributed by atoms with Gasteiger partial charge in [0.15, 0.2) is 0 Å². The number of aliphatic hydroxyl groups is 1. The van der Waals surface area contributed by atoms with Crippen molar-refractivity contribution in [2.75, 3.05) is 31.1 Å². The van der Waals surface area contributed by atoms with Gasteiger partial charge in [-0.1, -0.05) is 30.7 Å². The number of hydrogen-bond donors (Lipinski definition) is 2. The molecule has 4 rings (SSSR count). The number of benzene rings is 1. The lowest BCUT2D eigenvalue weighted by molar-refractivity contribution is -0.133. The van der Waals surface area contributed by atoms with Crippen LogP contribution in [0.5, 0.6) is 0 Å². The molecule has 3 atom stereocenters. The van der Waals surface area contributed by atoms with E-state index in [0.29, 0.717) is 44.0 Å². The second-order valence-electron chi connectivity index (χ2n) is 9.76. The predicted octanol–water partition coefficient (Wildman–Crippen LogP) is 3.23. The van der Waals surface area contributed by atoms with Gasteiger partial charge in [0.25, 0.3) is 0 Å². The highest BCUT2D eigenvalue weighted by Gasteiger charge is 2.35. The van der Waals surface area contributed by atoms with Gasteiger partial charge in [0.2, 0.25) is 5.91 Å². The molecule has 2 aromatic rings. The molecule has 172 valence electrons. The zero-order valence-electron chi connectivity index (χ0n) is 19.0. The van der Waals surface area contributed by atoms with Crippen LogP contribution in [0, 0.1) is 0 Å². The van der Waals surface area contributed by atoms with Gasteiger partial charge in [0, 0.05) is 42.3 Å². The lowest BCUT2D eigenvalue weighted by atomic mass is 9.85. The van der Waals surface area contributed by atoms with Gasteiger partial charge in [-0.15, -0.1) is 0 Å². The van der Waals surface area contributed by atoms with E-state index in [9.17, 15) is 9.90 Å². The molecular formula is C24H32ClN5O2. The topological polar surface area (TPSA) is 95.6 Å². The molecule has 2 aliphatic rings. The van der Waals surface area contributed by atoms with Crippen molar-refractivity contribution in [2.45, 2.75) is 57.1 Å². The summed E-state index contributed by atoms with van der Waals surface area (Å²) in [5.74, 6) is 0.903. The minimum Gasteiger partial charge on any atom is -0.387 e. The third-order valence-corrected chi connectivity index (χ3v) is 6.72. The van der Waals surface area contributed by atoms with E-state index in [4.69, 9.17) is 17.3 Å². The summed E-state index contributed by atoms with van der Waals surface area (Å²) in [6.07, 6.45) is 2.25. The fourth-order valence-corrected chi connectivity index (χ4v) is 5.01. The highest BCUT2D eigenvalue weighted by molar-refractivity contribution is 6.30. The van der Waals surface area contributed by atoms with Crippen molar-refractivity contribution in [1.82, 2.24) is 14.9 Å². The van der Waals surface area contributed by atoms with E-state index in [2.05, 4.69) is 21.8 Å². The van der Waals surface area contributed by atoms with E-state index < -0.39 is 11.6 Å². The van der Waals surface area contributed by atoms with Crippen molar-refractivity contribution >= 4 is 23.3 Å². The molecule has 0 spiro atoms. The van der Waals surface area contributed by atoms with Crippen molar-refractivity contribution in [3.63, 3.8) is 0 Å². The Kier molecular flexibility index (Phi) is 6.43. The van der Waals surface area contributed by atoms with Crippen molar-refractivity contribution < 1.29 is 9.90 Å². The second kappa shape index (κ2) is 8.96. The molecule has 1 fully saturated rings. The van der Waals surface area contributed by atoms with E-state index in [0.717, 1.165) is 22.6 Å². The van der Waals surface area contributed by atoms with E-state index in [1.807, 2.05) is 43.0 Å². The van der Waals surface area contributed by atoms with Gasteiger partial charge >= 0.3 is 0 Å². The lowest BCUT2D eigenvalue weighted by Crippen LogP contribution is -2.51. The van der Waals surface area contributed by atoms with Crippen LogP contribution in [0.4, 0.5) is 5.82 Å². The Morgan fingerprint density at radius 1 is 1.22 bits per heavy atom. The molecule has 0 bridgehead atoms. The normalized spacial score (nSPS) is 22.1. The summed E-state index contributed by atoms with van der Waals surface area (Å²) in [5, 5.41) is 10.9. The molecule has 0 saturated carbocycles. The van der Waals surface area contributed by atoms with Gasteiger partial charge in [-0.2, -0.15) is 0 Å². The summed E-state index contributed by atoms with van der Waals surface area (Å²) in [6.45, 7) is 8.62. The first-order valence-corrected chi connectivity index (χ1v) is 11.6. The molecular weight excluding hydrogens is 426 g/mol. The zero-order chi connectivity index (χ0) is 23.0. The predicted molar refractivity (Wildman–Crippen MR) is 126 cm³/mol. The fourth-order valence-electron chi connectivity index (χ4n) is 4.88. The number of amides is 1. The summed E-state index contributed by atoms with van der Waals surface area (Å²) in [4.78, 5) is 26.5. The number of aromatic nitrogens is 2. The zero-order valence-corrected chi connectivity index (χ0v) is 19.7. The van der Waals surface area contributed by atoms with E-state index in [1.54, 1.807) is 0 Å². The molecule has 1 aliphatic heterocycles. The number of halogens is 1. The molecule has 32 heavy (non-hydrogen) atoms. The molecule has 0 radical (unpaired) electrons. The lowest BCUT2D eigenvalue weighted by Gasteiger charge is -2.38. The number of carbonyl (C=O) groups excluding carboxylic acids is 1. The Balaban J connectivity index is 1.50. The largest absolute Gasteiger partial charge is 0.387 e. The average Bonchev–Trinajstić information content (AvgIpc) is 3.05. The SMILES string of the molecule is C[C@@H]1C[C@@H](O)c2ncnc(N3CCN(C(=O)C(CC(C)(C)N)c4ccc(Cl)cc4)CC3)c21. The minimum atomic E-state index is -0.524. The van der Waals surface area contributed by atoms with Gasteiger partial charge in [-0.3, -0.25) is 4.79 Å². The highest BCUT2D eigenvalue weighted by atomic mass is 35.5. The van der Waals surface area contributed by atoms with Crippen molar-refractivity contribution in [1.29, 1.82) is 0 Å². The summed E-state index contributed by atoms with van der Waals surface area (Å²) in [6, 6.07) is 7.49. The second-order valence-corrected chi connectivity index (χ2v) is 10.2. The number of aliphatic hydroxyl groups excluding tert-OH is 1. The van der Waals surface area contributed by atoms with Crippen LogP contribution in [0.2, 0.25) is 5.02 Å². The first-order chi connectivity index (χ1) is 15.1.